The average Bonchev–Trinajstić information content (AvgIpc) is 2.65. The summed E-state index contributed by atoms with van der Waals surface area (Å²) in [5, 5.41) is 3.54. The van der Waals surface area contributed by atoms with E-state index in [9.17, 15) is 0 Å². The quantitative estimate of drug-likeness (QED) is 0.824. The Labute approximate surface area is 113 Å². The van der Waals surface area contributed by atoms with Crippen molar-refractivity contribution in [1.29, 1.82) is 0 Å². The van der Waals surface area contributed by atoms with Crippen LogP contribution in [0.3, 0.4) is 0 Å². The number of nitrogens with one attached hydrogen (secondary N) is 1. The molecular weight excluding hydrogens is 222 g/mol. The molecule has 2 rings (SSSR count). The molecule has 0 aromatic carbocycles. The lowest BCUT2D eigenvalue weighted by Gasteiger charge is -2.32. The second-order valence-corrected chi connectivity index (χ2v) is 6.17. The van der Waals surface area contributed by atoms with Gasteiger partial charge in [-0.2, -0.15) is 0 Å². The van der Waals surface area contributed by atoms with Crippen LogP contribution in [0, 0.1) is 5.92 Å². The zero-order valence-electron chi connectivity index (χ0n) is 12.3. The van der Waals surface area contributed by atoms with Crippen molar-refractivity contribution in [1.82, 2.24) is 15.1 Å². The van der Waals surface area contributed by atoms with Gasteiger partial charge in [-0.1, -0.05) is 6.92 Å². The van der Waals surface area contributed by atoms with Gasteiger partial charge in [0.15, 0.2) is 0 Å². The fraction of sp³-hybridized carbons (Fsp3) is 1.00. The number of piperidine rings is 1. The van der Waals surface area contributed by atoms with Crippen LogP contribution in [0.15, 0.2) is 0 Å². The number of rotatable bonds is 4. The Morgan fingerprint density at radius 3 is 2.78 bits per heavy atom. The van der Waals surface area contributed by atoms with E-state index < -0.39 is 0 Å². The molecule has 0 spiro atoms. The topological polar surface area (TPSA) is 18.5 Å². The number of hydrogen-bond acceptors (Lipinski definition) is 3. The molecule has 0 radical (unpaired) electrons. The molecule has 2 aliphatic heterocycles. The standard InChI is InChI=1S/C15H31N3/c1-3-18-10-5-7-15(8-11-18)17(2)13-14-6-4-9-16-12-14/h14-16H,3-13H2,1-2H3. The molecule has 2 aliphatic rings. The Balaban J connectivity index is 1.75. The number of hydrogen-bond donors (Lipinski definition) is 1. The monoisotopic (exact) mass is 253 g/mol. The maximum Gasteiger partial charge on any atom is 0.0105 e. The van der Waals surface area contributed by atoms with Gasteiger partial charge in [-0.05, 0) is 77.8 Å². The van der Waals surface area contributed by atoms with E-state index in [1.54, 1.807) is 0 Å². The molecule has 2 heterocycles. The molecular formula is C15H31N3. The minimum absolute atomic E-state index is 0.823. The fourth-order valence-corrected chi connectivity index (χ4v) is 3.53. The van der Waals surface area contributed by atoms with Crippen LogP contribution in [0.5, 0.6) is 0 Å². The summed E-state index contributed by atoms with van der Waals surface area (Å²) >= 11 is 0. The van der Waals surface area contributed by atoms with Crippen LogP contribution < -0.4 is 5.32 Å². The second kappa shape index (κ2) is 7.46. The van der Waals surface area contributed by atoms with Crippen LogP contribution in [0.1, 0.15) is 39.0 Å². The minimum Gasteiger partial charge on any atom is -0.316 e. The summed E-state index contributed by atoms with van der Waals surface area (Å²) in [5.74, 6) is 0.884. The van der Waals surface area contributed by atoms with Gasteiger partial charge in [-0.3, -0.25) is 0 Å². The van der Waals surface area contributed by atoms with Crippen LogP contribution in [-0.4, -0.2) is 62.2 Å². The summed E-state index contributed by atoms with van der Waals surface area (Å²) < 4.78 is 0. The highest BCUT2D eigenvalue weighted by atomic mass is 15.2. The highest BCUT2D eigenvalue weighted by Crippen LogP contribution is 2.19. The summed E-state index contributed by atoms with van der Waals surface area (Å²) in [5.41, 5.74) is 0. The third-order valence-electron chi connectivity index (χ3n) is 4.81. The van der Waals surface area contributed by atoms with Crippen molar-refractivity contribution in [3.05, 3.63) is 0 Å². The van der Waals surface area contributed by atoms with Gasteiger partial charge in [0.25, 0.3) is 0 Å². The van der Waals surface area contributed by atoms with Crippen LogP contribution in [0.2, 0.25) is 0 Å². The Bertz CT molecular complexity index is 226. The Morgan fingerprint density at radius 2 is 2.06 bits per heavy atom. The summed E-state index contributed by atoms with van der Waals surface area (Å²) in [4.78, 5) is 5.26. The third-order valence-corrected chi connectivity index (χ3v) is 4.81. The molecule has 3 nitrogen and oxygen atoms in total. The second-order valence-electron chi connectivity index (χ2n) is 6.17. The smallest absolute Gasteiger partial charge is 0.0105 e. The summed E-state index contributed by atoms with van der Waals surface area (Å²) in [6.07, 6.45) is 6.93. The molecule has 0 amide bonds. The van der Waals surface area contributed by atoms with Gasteiger partial charge in [-0.15, -0.1) is 0 Å². The summed E-state index contributed by atoms with van der Waals surface area (Å²) in [6.45, 7) is 9.89. The van der Waals surface area contributed by atoms with Crippen molar-refractivity contribution >= 4 is 0 Å². The first kappa shape index (κ1) is 14.3. The molecule has 0 bridgehead atoms. The van der Waals surface area contributed by atoms with Crippen LogP contribution in [0.25, 0.3) is 0 Å². The van der Waals surface area contributed by atoms with E-state index in [-0.39, 0.29) is 0 Å². The molecule has 0 aliphatic carbocycles. The van der Waals surface area contributed by atoms with Crippen molar-refractivity contribution in [2.45, 2.75) is 45.1 Å². The van der Waals surface area contributed by atoms with Crippen LogP contribution in [-0.2, 0) is 0 Å². The van der Waals surface area contributed by atoms with Gasteiger partial charge < -0.3 is 15.1 Å². The van der Waals surface area contributed by atoms with E-state index in [0.29, 0.717) is 0 Å². The van der Waals surface area contributed by atoms with Crippen molar-refractivity contribution in [3.63, 3.8) is 0 Å². The first-order valence-corrected chi connectivity index (χ1v) is 7.93. The molecule has 106 valence electrons. The lowest BCUT2D eigenvalue weighted by molar-refractivity contribution is 0.173. The zero-order valence-corrected chi connectivity index (χ0v) is 12.3. The first-order chi connectivity index (χ1) is 8.79. The van der Waals surface area contributed by atoms with Crippen molar-refractivity contribution < 1.29 is 0 Å². The van der Waals surface area contributed by atoms with Gasteiger partial charge in [0, 0.05) is 12.6 Å². The first-order valence-electron chi connectivity index (χ1n) is 7.93. The van der Waals surface area contributed by atoms with Crippen LogP contribution in [0.4, 0.5) is 0 Å². The SMILES string of the molecule is CCN1CCCC(N(C)CC2CCCNC2)CC1. The van der Waals surface area contributed by atoms with Gasteiger partial charge >= 0.3 is 0 Å². The van der Waals surface area contributed by atoms with E-state index in [1.165, 1.54) is 71.4 Å². The van der Waals surface area contributed by atoms with Gasteiger partial charge in [0.1, 0.15) is 0 Å². The van der Waals surface area contributed by atoms with E-state index >= 15 is 0 Å². The number of likely N-dealkylation sites (tertiary alicyclic amines) is 1. The van der Waals surface area contributed by atoms with E-state index in [1.807, 2.05) is 0 Å². The molecule has 2 unspecified atom stereocenters. The van der Waals surface area contributed by atoms with Crippen molar-refractivity contribution in [3.8, 4) is 0 Å². The van der Waals surface area contributed by atoms with Gasteiger partial charge in [0.05, 0.1) is 0 Å². The van der Waals surface area contributed by atoms with Crippen LogP contribution >= 0.6 is 0 Å². The van der Waals surface area contributed by atoms with Crippen molar-refractivity contribution in [2.75, 3.05) is 46.3 Å². The average molecular weight is 253 g/mol. The minimum atomic E-state index is 0.823. The molecule has 18 heavy (non-hydrogen) atoms. The van der Waals surface area contributed by atoms with Gasteiger partial charge in [-0.25, -0.2) is 0 Å². The molecule has 0 aromatic heterocycles. The highest BCUT2D eigenvalue weighted by Gasteiger charge is 2.22. The maximum atomic E-state index is 3.54. The van der Waals surface area contributed by atoms with E-state index in [2.05, 4.69) is 29.1 Å². The molecule has 2 fully saturated rings. The predicted molar refractivity (Wildman–Crippen MR) is 78.0 cm³/mol. The highest BCUT2D eigenvalue weighted by molar-refractivity contribution is 4.79. The van der Waals surface area contributed by atoms with E-state index in [4.69, 9.17) is 0 Å². The fourth-order valence-electron chi connectivity index (χ4n) is 3.53. The lowest BCUT2D eigenvalue weighted by Crippen LogP contribution is -2.41. The maximum absolute atomic E-state index is 3.54. The third kappa shape index (κ3) is 4.22. The zero-order chi connectivity index (χ0) is 12.8. The normalized spacial score (nSPS) is 31.5. The lowest BCUT2D eigenvalue weighted by atomic mass is 9.97. The molecule has 1 N–H and O–H groups in total. The Kier molecular flexibility index (Phi) is 5.93. The van der Waals surface area contributed by atoms with Gasteiger partial charge in [0.2, 0.25) is 0 Å². The predicted octanol–water partition coefficient (Wildman–Crippen LogP) is 1.79. The summed E-state index contributed by atoms with van der Waals surface area (Å²) in [7, 11) is 2.35. The Hall–Kier alpha value is -0.120. The largest absolute Gasteiger partial charge is 0.316 e. The Morgan fingerprint density at radius 1 is 1.17 bits per heavy atom. The number of nitrogens with zero attached hydrogens (tertiary/aromatic N) is 2. The van der Waals surface area contributed by atoms with E-state index in [0.717, 1.165) is 12.0 Å². The molecule has 2 saturated heterocycles. The summed E-state index contributed by atoms with van der Waals surface area (Å²) in [6, 6.07) is 0.823. The molecule has 3 heteroatoms. The molecule has 0 aromatic rings. The van der Waals surface area contributed by atoms with Crippen molar-refractivity contribution in [2.24, 2.45) is 5.92 Å². The molecule has 2 atom stereocenters. The molecule has 0 saturated carbocycles.